The van der Waals surface area contributed by atoms with Gasteiger partial charge >= 0.3 is 44.4 Å². The van der Waals surface area contributed by atoms with Gasteiger partial charge in [0.1, 0.15) is 0 Å². The second-order valence-electron chi connectivity index (χ2n) is 0.156. The molecule has 0 aromatic rings. The first kappa shape index (κ1) is 5.81. The maximum atomic E-state index is 9.20. The Morgan fingerprint density at radius 3 is 1.60 bits per heavy atom. The minimum absolute atomic E-state index is 1.16. The maximum absolute atomic E-state index is 9.20. The molecule has 0 aromatic heterocycles. The first-order valence-corrected chi connectivity index (χ1v) is 3.22. The molecule has 36 valence electrons. The van der Waals surface area contributed by atoms with E-state index in [-0.39, 0.29) is 0 Å². The summed E-state index contributed by atoms with van der Waals surface area (Å²) in [5, 5.41) is 0. The Labute approximate surface area is 44.6 Å². The van der Waals surface area contributed by atoms with Gasteiger partial charge in [-0.3, -0.25) is 0 Å². The van der Waals surface area contributed by atoms with Crippen LogP contribution in [0.1, 0.15) is 0 Å². The molecule has 0 N–H and O–H groups in total. The van der Waals surface area contributed by atoms with Crippen LogP contribution >= 0.6 is 0 Å². The molecule has 5 heavy (non-hydrogen) atoms. The van der Waals surface area contributed by atoms with Crippen molar-refractivity contribution in [3.63, 3.8) is 0 Å². The van der Waals surface area contributed by atoms with Gasteiger partial charge in [0.15, 0.2) is 0 Å². The van der Waals surface area contributed by atoms with Gasteiger partial charge in [-0.25, -0.2) is 0 Å². The predicted octanol–water partition coefficient (Wildman–Crippen LogP) is -0.311. The molecule has 0 rings (SSSR count). The molecule has 0 aliphatic heterocycles. The van der Waals surface area contributed by atoms with Crippen molar-refractivity contribution in [2.75, 3.05) is 0 Å². The third kappa shape index (κ3) is 4.81. The van der Waals surface area contributed by atoms with Crippen molar-refractivity contribution < 1.29 is 44.4 Å². The zero-order valence-electron chi connectivity index (χ0n) is 1.89. The Kier molecular flexibility index (Phi) is 5.58. The van der Waals surface area contributed by atoms with E-state index in [2.05, 4.69) is 2.39 Å². The van der Waals surface area contributed by atoms with Crippen LogP contribution in [0.4, 0.5) is 0 Å². The second kappa shape index (κ2) is 4.81. The Morgan fingerprint density at radius 2 is 1.60 bits per heavy atom. The monoisotopic (exact) mass is 254 g/mol. The van der Waals surface area contributed by atoms with E-state index >= 15 is 0 Å². The molecule has 0 heterocycles. The first-order valence-electron chi connectivity index (χ1n) is 0.544. The van der Waals surface area contributed by atoms with Crippen LogP contribution in [0.2, 0.25) is 0 Å². The Hall–Kier alpha value is 0.807. The summed E-state index contributed by atoms with van der Waals surface area (Å²) in [5.41, 5.74) is 0. The fraction of sp³-hybridized carbons (Fsp3) is 0. The van der Waals surface area contributed by atoms with Crippen LogP contribution in [0.5, 0.6) is 0 Å². The standard InChI is InChI=1S/3O.2Rh. The van der Waals surface area contributed by atoms with Crippen LogP contribution in [-0.4, -0.2) is 0 Å². The van der Waals surface area contributed by atoms with E-state index in [1.807, 2.05) is 0 Å². The van der Waals surface area contributed by atoms with E-state index in [1.165, 1.54) is 0 Å². The summed E-state index contributed by atoms with van der Waals surface area (Å²) >= 11 is -2.31. The van der Waals surface area contributed by atoms with Crippen molar-refractivity contribution in [2.24, 2.45) is 0 Å². The topological polar surface area (TPSA) is 43.4 Å². The van der Waals surface area contributed by atoms with Crippen LogP contribution in [0.15, 0.2) is 0 Å². The summed E-state index contributed by atoms with van der Waals surface area (Å²) < 4.78 is 22.3. The summed E-state index contributed by atoms with van der Waals surface area (Å²) in [4.78, 5) is 0. The third-order valence-electron chi connectivity index (χ3n) is 0.0370. The van der Waals surface area contributed by atoms with Crippen molar-refractivity contribution >= 4 is 0 Å². The molecule has 0 unspecified atom stereocenters. The third-order valence-corrected chi connectivity index (χ3v) is 1.30. The summed E-state index contributed by atoms with van der Waals surface area (Å²) in [7, 11) is 0. The normalized spacial score (nSPS) is 9.60. The zero-order chi connectivity index (χ0) is 4.12. The average Bonchev–Trinajstić information content (AvgIpc) is 1.41. The fourth-order valence-corrected chi connectivity index (χ4v) is 0.265. The molecule has 0 amide bonds. The molecule has 0 bridgehead atoms. The summed E-state index contributed by atoms with van der Waals surface area (Å²) in [6.45, 7) is 0. The molecule has 0 spiro atoms. The molecule has 0 aromatic carbocycles. The predicted molar refractivity (Wildman–Crippen MR) is 2.46 cm³/mol. The molecule has 0 aliphatic rings. The minimum atomic E-state index is -1.16. The van der Waals surface area contributed by atoms with Gasteiger partial charge in [0.25, 0.3) is 0 Å². The van der Waals surface area contributed by atoms with E-state index < -0.39 is 34.9 Å². The average molecular weight is 254 g/mol. The van der Waals surface area contributed by atoms with Gasteiger partial charge in [-0.05, 0) is 0 Å². The zero-order valence-corrected chi connectivity index (χ0v) is 5.17. The van der Waals surface area contributed by atoms with E-state index in [1.54, 1.807) is 0 Å². The van der Waals surface area contributed by atoms with E-state index in [0.29, 0.717) is 0 Å². The second-order valence-corrected chi connectivity index (χ2v) is 2.24. The van der Waals surface area contributed by atoms with Crippen LogP contribution in [0, 0.1) is 0 Å². The number of hydrogen-bond donors (Lipinski definition) is 0. The first-order chi connectivity index (χ1) is 2.41. The van der Waals surface area contributed by atoms with Crippen LogP contribution in [0.25, 0.3) is 0 Å². The molecule has 0 atom stereocenters. The quantitative estimate of drug-likeness (QED) is 0.634. The van der Waals surface area contributed by atoms with Gasteiger partial charge in [-0.1, -0.05) is 0 Å². The number of rotatable bonds is 2. The van der Waals surface area contributed by atoms with Gasteiger partial charge < -0.3 is 0 Å². The van der Waals surface area contributed by atoms with Gasteiger partial charge in [-0.15, -0.1) is 0 Å². The van der Waals surface area contributed by atoms with Crippen LogP contribution in [0.3, 0.4) is 0 Å². The molecular formula is O3Rh2. The molecular weight excluding hydrogens is 254 g/mol. The molecule has 0 fully saturated rings. The Bertz CT molecular complexity index is 34.2. The molecule has 0 radical (unpaired) electrons. The molecule has 5 heteroatoms. The summed E-state index contributed by atoms with van der Waals surface area (Å²) in [5.74, 6) is 0. The van der Waals surface area contributed by atoms with Crippen molar-refractivity contribution in [3.05, 3.63) is 0 Å². The van der Waals surface area contributed by atoms with Gasteiger partial charge in [-0.2, -0.15) is 0 Å². The molecule has 0 saturated heterocycles. The number of hydrogen-bond acceptors (Lipinski definition) is 3. The summed E-state index contributed by atoms with van der Waals surface area (Å²) in [6.07, 6.45) is 0. The van der Waals surface area contributed by atoms with E-state index in [9.17, 15) is 7.15 Å². The van der Waals surface area contributed by atoms with E-state index in [4.69, 9.17) is 0 Å². The molecule has 0 saturated carbocycles. The van der Waals surface area contributed by atoms with Gasteiger partial charge in [0.2, 0.25) is 0 Å². The van der Waals surface area contributed by atoms with Gasteiger partial charge in [0.05, 0.1) is 0 Å². The summed E-state index contributed by atoms with van der Waals surface area (Å²) in [6, 6.07) is 0. The fourth-order valence-electron chi connectivity index (χ4n) is 0.00756. The Balaban J connectivity index is 2.65. The Morgan fingerprint density at radius 1 is 1.20 bits per heavy atom. The SMILES string of the molecule is [O]=[Rh][O][Rh]=[O]. The van der Waals surface area contributed by atoms with Crippen molar-refractivity contribution in [2.45, 2.75) is 0 Å². The molecule has 3 nitrogen and oxygen atoms in total. The van der Waals surface area contributed by atoms with Gasteiger partial charge in [0, 0.05) is 0 Å². The van der Waals surface area contributed by atoms with Crippen molar-refractivity contribution in [1.82, 2.24) is 0 Å². The van der Waals surface area contributed by atoms with Crippen LogP contribution < -0.4 is 0 Å². The van der Waals surface area contributed by atoms with E-state index in [0.717, 1.165) is 0 Å². The molecule has 0 aliphatic carbocycles. The van der Waals surface area contributed by atoms with Crippen molar-refractivity contribution in [3.8, 4) is 0 Å². The van der Waals surface area contributed by atoms with Crippen molar-refractivity contribution in [1.29, 1.82) is 0 Å². The van der Waals surface area contributed by atoms with Crippen LogP contribution in [-0.2, 0) is 44.4 Å².